The van der Waals surface area contributed by atoms with Crippen LogP contribution >= 0.6 is 15.9 Å². The summed E-state index contributed by atoms with van der Waals surface area (Å²) in [6.45, 7) is 6.30. The maximum atomic E-state index is 4.59. The molecule has 0 amide bonds. The molecule has 0 radical (unpaired) electrons. The molecule has 0 unspecified atom stereocenters. The van der Waals surface area contributed by atoms with Crippen molar-refractivity contribution in [2.75, 3.05) is 12.4 Å². The van der Waals surface area contributed by atoms with E-state index < -0.39 is 0 Å². The van der Waals surface area contributed by atoms with Gasteiger partial charge in [0, 0.05) is 29.0 Å². The quantitative estimate of drug-likeness (QED) is 0.935. The fraction of sp³-hybridized carbons (Fsp3) is 0.357. The molecule has 0 bridgehead atoms. The van der Waals surface area contributed by atoms with E-state index in [1.807, 2.05) is 26.1 Å². The minimum atomic E-state index is 0.378. The Bertz CT molecular complexity index is 596. The summed E-state index contributed by atoms with van der Waals surface area (Å²) in [4.78, 5) is 13.5. The molecule has 0 aliphatic carbocycles. The molecular formula is C14H17BrN4. The zero-order chi connectivity index (χ0) is 14.0. The molecule has 0 aliphatic rings. The highest BCUT2D eigenvalue weighted by molar-refractivity contribution is 9.10. The van der Waals surface area contributed by atoms with Crippen molar-refractivity contribution < 1.29 is 0 Å². The molecule has 2 heterocycles. The Labute approximate surface area is 121 Å². The predicted octanol–water partition coefficient (Wildman–Crippen LogP) is 3.77. The summed E-state index contributed by atoms with van der Waals surface area (Å²) in [5.41, 5.74) is 2.90. The molecule has 0 aliphatic heterocycles. The van der Waals surface area contributed by atoms with Gasteiger partial charge in [0.2, 0.25) is 0 Å². The van der Waals surface area contributed by atoms with Crippen molar-refractivity contribution in [1.82, 2.24) is 15.0 Å². The van der Waals surface area contributed by atoms with Gasteiger partial charge in [-0.3, -0.25) is 4.98 Å². The van der Waals surface area contributed by atoms with Crippen molar-refractivity contribution in [3.8, 4) is 11.5 Å². The second kappa shape index (κ2) is 5.65. The van der Waals surface area contributed by atoms with E-state index in [4.69, 9.17) is 0 Å². The summed E-state index contributed by atoms with van der Waals surface area (Å²) in [6.07, 6.45) is 1.74. The lowest BCUT2D eigenvalue weighted by molar-refractivity contribution is 0.833. The molecule has 100 valence electrons. The Balaban J connectivity index is 2.62. The fourth-order valence-electron chi connectivity index (χ4n) is 2.12. The first-order chi connectivity index (χ1) is 9.04. The molecular weight excluding hydrogens is 304 g/mol. The van der Waals surface area contributed by atoms with Gasteiger partial charge in [-0.25, -0.2) is 9.97 Å². The first-order valence-electron chi connectivity index (χ1n) is 6.21. The first-order valence-corrected chi connectivity index (χ1v) is 7.01. The molecule has 5 heteroatoms. The minimum Gasteiger partial charge on any atom is -0.373 e. The molecule has 2 rings (SSSR count). The standard InChI is InChI=1S/C14H17BrN4/c1-8(2)11-9(3)18-14(19-13(11)16-4)12-10(15)6-5-7-17-12/h5-8H,1-4H3,(H,16,18,19). The van der Waals surface area contributed by atoms with Crippen molar-refractivity contribution in [3.05, 3.63) is 34.1 Å². The average Bonchev–Trinajstić information content (AvgIpc) is 2.37. The molecule has 0 fully saturated rings. The number of nitrogens with one attached hydrogen (secondary N) is 1. The zero-order valence-corrected chi connectivity index (χ0v) is 13.1. The van der Waals surface area contributed by atoms with Gasteiger partial charge in [-0.05, 0) is 40.9 Å². The normalized spacial score (nSPS) is 10.8. The number of anilines is 1. The SMILES string of the molecule is CNc1nc(-c2ncccc2Br)nc(C)c1C(C)C. The Morgan fingerprint density at radius 3 is 2.58 bits per heavy atom. The summed E-state index contributed by atoms with van der Waals surface area (Å²) in [7, 11) is 1.88. The number of halogens is 1. The van der Waals surface area contributed by atoms with Crippen molar-refractivity contribution in [2.45, 2.75) is 26.7 Å². The van der Waals surface area contributed by atoms with Crippen molar-refractivity contribution >= 4 is 21.7 Å². The fourth-order valence-corrected chi connectivity index (χ4v) is 2.55. The van der Waals surface area contributed by atoms with E-state index in [2.05, 4.69) is 50.0 Å². The van der Waals surface area contributed by atoms with Gasteiger partial charge in [0.05, 0.1) is 0 Å². The molecule has 2 aromatic heterocycles. The third-order valence-corrected chi connectivity index (χ3v) is 3.56. The van der Waals surface area contributed by atoms with Crippen LogP contribution in [0.2, 0.25) is 0 Å². The van der Waals surface area contributed by atoms with Crippen molar-refractivity contribution in [1.29, 1.82) is 0 Å². The average molecular weight is 321 g/mol. The summed E-state index contributed by atoms with van der Waals surface area (Å²) in [5, 5.41) is 3.15. The number of hydrogen-bond acceptors (Lipinski definition) is 4. The number of pyridine rings is 1. The van der Waals surface area contributed by atoms with Gasteiger partial charge in [0.15, 0.2) is 5.82 Å². The number of rotatable bonds is 3. The third kappa shape index (κ3) is 2.76. The van der Waals surface area contributed by atoms with E-state index >= 15 is 0 Å². The Morgan fingerprint density at radius 1 is 1.26 bits per heavy atom. The number of aromatic nitrogens is 3. The topological polar surface area (TPSA) is 50.7 Å². The molecule has 4 nitrogen and oxygen atoms in total. The highest BCUT2D eigenvalue weighted by atomic mass is 79.9. The van der Waals surface area contributed by atoms with Crippen molar-refractivity contribution in [2.24, 2.45) is 0 Å². The number of aryl methyl sites for hydroxylation is 1. The maximum absolute atomic E-state index is 4.59. The van der Waals surface area contributed by atoms with Gasteiger partial charge < -0.3 is 5.32 Å². The summed E-state index contributed by atoms with van der Waals surface area (Å²) < 4.78 is 0.897. The van der Waals surface area contributed by atoms with Crippen LogP contribution in [0.5, 0.6) is 0 Å². The second-order valence-electron chi connectivity index (χ2n) is 4.63. The van der Waals surface area contributed by atoms with E-state index in [0.717, 1.165) is 27.2 Å². The monoisotopic (exact) mass is 320 g/mol. The van der Waals surface area contributed by atoms with Crippen LogP contribution in [0.3, 0.4) is 0 Å². The Hall–Kier alpha value is -1.49. The molecule has 0 aromatic carbocycles. The molecule has 2 aromatic rings. The van der Waals surface area contributed by atoms with Gasteiger partial charge in [0.1, 0.15) is 11.5 Å². The summed E-state index contributed by atoms with van der Waals surface area (Å²) in [6, 6.07) is 3.82. The molecule has 0 saturated carbocycles. The van der Waals surface area contributed by atoms with Crippen LogP contribution in [0.15, 0.2) is 22.8 Å². The van der Waals surface area contributed by atoms with Crippen LogP contribution in [0.1, 0.15) is 31.0 Å². The van der Waals surface area contributed by atoms with Crippen LogP contribution in [0.25, 0.3) is 11.5 Å². The van der Waals surface area contributed by atoms with Crippen LogP contribution in [-0.4, -0.2) is 22.0 Å². The second-order valence-corrected chi connectivity index (χ2v) is 5.49. The van der Waals surface area contributed by atoms with Crippen molar-refractivity contribution in [3.63, 3.8) is 0 Å². The van der Waals surface area contributed by atoms with E-state index in [1.165, 1.54) is 0 Å². The molecule has 0 saturated heterocycles. The molecule has 19 heavy (non-hydrogen) atoms. The van der Waals surface area contributed by atoms with Gasteiger partial charge in [-0.1, -0.05) is 13.8 Å². The highest BCUT2D eigenvalue weighted by Crippen LogP contribution is 2.29. The summed E-state index contributed by atoms with van der Waals surface area (Å²) in [5.74, 6) is 1.89. The smallest absolute Gasteiger partial charge is 0.181 e. The van der Waals surface area contributed by atoms with E-state index in [1.54, 1.807) is 6.20 Å². The van der Waals surface area contributed by atoms with Gasteiger partial charge >= 0.3 is 0 Å². The number of hydrogen-bond donors (Lipinski definition) is 1. The predicted molar refractivity (Wildman–Crippen MR) is 81.3 cm³/mol. The van der Waals surface area contributed by atoms with E-state index in [0.29, 0.717) is 11.7 Å². The summed E-state index contributed by atoms with van der Waals surface area (Å²) >= 11 is 3.49. The van der Waals surface area contributed by atoms with Gasteiger partial charge in [-0.2, -0.15) is 0 Å². The van der Waals surface area contributed by atoms with Gasteiger partial charge in [0.25, 0.3) is 0 Å². The lowest BCUT2D eigenvalue weighted by Gasteiger charge is -2.15. The lowest BCUT2D eigenvalue weighted by atomic mass is 10.0. The Kier molecular flexibility index (Phi) is 4.14. The van der Waals surface area contributed by atoms with Gasteiger partial charge in [-0.15, -0.1) is 0 Å². The molecule has 1 N–H and O–H groups in total. The molecule has 0 spiro atoms. The van der Waals surface area contributed by atoms with Crippen LogP contribution in [0.4, 0.5) is 5.82 Å². The third-order valence-electron chi connectivity index (χ3n) is 2.92. The van der Waals surface area contributed by atoms with Crippen LogP contribution in [-0.2, 0) is 0 Å². The van der Waals surface area contributed by atoms with E-state index in [-0.39, 0.29) is 0 Å². The highest BCUT2D eigenvalue weighted by Gasteiger charge is 2.16. The first kappa shape index (κ1) is 13.9. The van der Waals surface area contributed by atoms with E-state index in [9.17, 15) is 0 Å². The maximum Gasteiger partial charge on any atom is 0.181 e. The lowest BCUT2D eigenvalue weighted by Crippen LogP contribution is -2.07. The zero-order valence-electron chi connectivity index (χ0n) is 11.5. The molecule has 0 atom stereocenters. The minimum absolute atomic E-state index is 0.378. The van der Waals surface area contributed by atoms with Crippen LogP contribution in [0, 0.1) is 6.92 Å². The van der Waals surface area contributed by atoms with Crippen LogP contribution < -0.4 is 5.32 Å². The number of nitrogens with zero attached hydrogens (tertiary/aromatic N) is 3. The largest absolute Gasteiger partial charge is 0.373 e. The Morgan fingerprint density at radius 2 is 2.00 bits per heavy atom.